The van der Waals surface area contributed by atoms with Crippen molar-refractivity contribution in [3.8, 4) is 11.1 Å². The van der Waals surface area contributed by atoms with Gasteiger partial charge in [0.2, 0.25) is 0 Å². The minimum absolute atomic E-state index is 0.399. The number of hydrogen-bond acceptors (Lipinski definition) is 5. The minimum atomic E-state index is -0.399. The summed E-state index contributed by atoms with van der Waals surface area (Å²) in [5.41, 5.74) is 4.54. The number of aryl methyl sites for hydroxylation is 1. The van der Waals surface area contributed by atoms with Crippen LogP contribution >= 0.6 is 0 Å². The van der Waals surface area contributed by atoms with Crippen molar-refractivity contribution in [2.75, 3.05) is 7.11 Å². The zero-order valence-electron chi connectivity index (χ0n) is 14.6. The van der Waals surface area contributed by atoms with Gasteiger partial charge in [0, 0.05) is 5.56 Å². The van der Waals surface area contributed by atoms with Gasteiger partial charge in [-0.25, -0.2) is 9.42 Å². The number of carbonyl (C=O) groups excluding carboxylic acids is 1. The van der Waals surface area contributed by atoms with E-state index >= 15 is 0 Å². The van der Waals surface area contributed by atoms with Crippen molar-refractivity contribution in [1.29, 1.82) is 0 Å². The average Bonchev–Trinajstić information content (AvgIpc) is 3.13. The Bertz CT molecular complexity index is 853. The maximum Gasteiger partial charge on any atom is 0.338 e. The van der Waals surface area contributed by atoms with E-state index in [9.17, 15) is 4.79 Å². The molecule has 5 heteroatoms. The van der Waals surface area contributed by atoms with Crippen LogP contribution < -0.4 is 0 Å². The fraction of sp³-hybridized carbons (Fsp3) is 0.350. The first kappa shape index (κ1) is 17.1. The molecule has 0 saturated carbocycles. The Balaban J connectivity index is 1.92. The van der Waals surface area contributed by atoms with E-state index in [4.69, 9.17) is 9.37 Å². The highest BCUT2D eigenvalue weighted by Crippen LogP contribution is 2.31. The highest BCUT2D eigenvalue weighted by molar-refractivity contribution is 6.05. The smallest absolute Gasteiger partial charge is 0.338 e. The summed E-state index contributed by atoms with van der Waals surface area (Å²) in [5, 5.41) is 7.84. The Hall–Kier alpha value is -2.69. The number of fused-ring (bicyclic) bond motifs is 1. The van der Waals surface area contributed by atoms with Crippen LogP contribution in [0.4, 0.5) is 0 Å². The molecule has 0 spiro atoms. The molecule has 0 bridgehead atoms. The predicted molar refractivity (Wildman–Crippen MR) is 96.4 cm³/mol. The second kappa shape index (κ2) is 7.92. The lowest BCUT2D eigenvalue weighted by Crippen LogP contribution is -2.04. The predicted octanol–water partition coefficient (Wildman–Crippen LogP) is 4.80. The van der Waals surface area contributed by atoms with E-state index in [1.807, 2.05) is 12.1 Å². The lowest BCUT2D eigenvalue weighted by molar-refractivity contribution is 0.0602. The van der Waals surface area contributed by atoms with Gasteiger partial charge >= 0.3 is 5.97 Å². The van der Waals surface area contributed by atoms with Gasteiger partial charge in [-0.05, 0) is 46.4 Å². The second-order valence-electron chi connectivity index (χ2n) is 6.12. The van der Waals surface area contributed by atoms with Crippen LogP contribution in [0.15, 0.2) is 41.0 Å². The molecule has 0 saturated heterocycles. The van der Waals surface area contributed by atoms with Crippen molar-refractivity contribution in [2.45, 2.75) is 39.0 Å². The molecule has 25 heavy (non-hydrogen) atoms. The lowest BCUT2D eigenvalue weighted by Gasteiger charge is -2.09. The molecule has 130 valence electrons. The molecule has 5 nitrogen and oxygen atoms in total. The number of methoxy groups -OCH3 is 1. The molecule has 0 unspecified atom stereocenters. The largest absolute Gasteiger partial charge is 0.465 e. The first-order chi connectivity index (χ1) is 12.2. The Labute approximate surface area is 147 Å². The van der Waals surface area contributed by atoms with E-state index in [0.717, 1.165) is 12.0 Å². The fourth-order valence-corrected chi connectivity index (χ4v) is 3.02. The van der Waals surface area contributed by atoms with Crippen molar-refractivity contribution in [2.24, 2.45) is 0 Å². The van der Waals surface area contributed by atoms with Crippen LogP contribution in [-0.4, -0.2) is 23.4 Å². The molecular formula is C20H22N2O3. The van der Waals surface area contributed by atoms with Gasteiger partial charge in [0.1, 0.15) is 11.0 Å². The van der Waals surface area contributed by atoms with Gasteiger partial charge in [0.05, 0.1) is 12.7 Å². The van der Waals surface area contributed by atoms with E-state index < -0.39 is 5.97 Å². The second-order valence-corrected chi connectivity index (χ2v) is 6.12. The summed E-state index contributed by atoms with van der Waals surface area (Å²) >= 11 is 0. The molecule has 1 aromatic heterocycles. The lowest BCUT2D eigenvalue weighted by atomic mass is 9.96. The van der Waals surface area contributed by atoms with Crippen molar-refractivity contribution in [3.05, 3.63) is 47.5 Å². The van der Waals surface area contributed by atoms with Crippen molar-refractivity contribution >= 4 is 17.0 Å². The summed E-state index contributed by atoms with van der Waals surface area (Å²) in [4.78, 5) is 12.1. The van der Waals surface area contributed by atoms with Gasteiger partial charge in [-0.2, -0.15) is 0 Å². The third-order valence-corrected chi connectivity index (χ3v) is 4.39. The SMILES string of the molecule is CCCCCCc1ccc(-c2c(C(=O)OC)ccc3nonc23)cc1. The summed E-state index contributed by atoms with van der Waals surface area (Å²) in [6.07, 6.45) is 6.05. The maximum absolute atomic E-state index is 12.1. The molecule has 0 aliphatic rings. The Morgan fingerprint density at radius 3 is 2.56 bits per heavy atom. The minimum Gasteiger partial charge on any atom is -0.465 e. The molecule has 3 aromatic rings. The van der Waals surface area contributed by atoms with Crippen LogP contribution in [0, 0.1) is 0 Å². The number of rotatable bonds is 7. The molecule has 0 radical (unpaired) electrons. The molecule has 0 N–H and O–H groups in total. The van der Waals surface area contributed by atoms with Crippen LogP contribution in [0.2, 0.25) is 0 Å². The van der Waals surface area contributed by atoms with E-state index in [0.29, 0.717) is 22.2 Å². The standard InChI is InChI=1S/C20H22N2O3/c1-3-4-5-6-7-14-8-10-15(11-9-14)18-16(20(23)24-2)12-13-17-19(18)22-25-21-17/h8-13H,3-7H2,1-2H3. The molecule has 0 fully saturated rings. The molecule has 2 aromatic carbocycles. The van der Waals surface area contributed by atoms with Crippen molar-refractivity contribution < 1.29 is 14.2 Å². The van der Waals surface area contributed by atoms with Gasteiger partial charge in [-0.15, -0.1) is 0 Å². The molecular weight excluding hydrogens is 316 g/mol. The van der Waals surface area contributed by atoms with Crippen LogP contribution in [0.5, 0.6) is 0 Å². The number of esters is 1. The number of benzene rings is 2. The van der Waals surface area contributed by atoms with Gasteiger partial charge in [0.15, 0.2) is 0 Å². The van der Waals surface area contributed by atoms with Crippen molar-refractivity contribution in [3.63, 3.8) is 0 Å². The van der Waals surface area contributed by atoms with Crippen LogP contribution in [0.3, 0.4) is 0 Å². The fourth-order valence-electron chi connectivity index (χ4n) is 3.02. The third-order valence-electron chi connectivity index (χ3n) is 4.39. The molecule has 0 aliphatic heterocycles. The van der Waals surface area contributed by atoms with Crippen molar-refractivity contribution in [1.82, 2.24) is 10.3 Å². The van der Waals surface area contributed by atoms with Gasteiger partial charge in [0.25, 0.3) is 0 Å². The van der Waals surface area contributed by atoms with Gasteiger partial charge in [-0.3, -0.25) is 0 Å². The summed E-state index contributed by atoms with van der Waals surface area (Å²) in [6, 6.07) is 11.7. The van der Waals surface area contributed by atoms with Crippen LogP contribution in [0.25, 0.3) is 22.2 Å². The summed E-state index contributed by atoms with van der Waals surface area (Å²) in [5.74, 6) is -0.399. The van der Waals surface area contributed by atoms with E-state index in [1.54, 1.807) is 12.1 Å². The summed E-state index contributed by atoms with van der Waals surface area (Å²) < 4.78 is 9.75. The monoisotopic (exact) mass is 338 g/mol. The molecule has 0 atom stereocenters. The van der Waals surface area contributed by atoms with Gasteiger partial charge < -0.3 is 4.74 Å². The summed E-state index contributed by atoms with van der Waals surface area (Å²) in [7, 11) is 1.37. The average molecular weight is 338 g/mol. The number of hydrogen-bond donors (Lipinski definition) is 0. The van der Waals surface area contributed by atoms with Crippen LogP contribution in [-0.2, 0) is 11.2 Å². The quantitative estimate of drug-likeness (QED) is 0.457. The molecule has 3 rings (SSSR count). The van der Waals surface area contributed by atoms with Gasteiger partial charge in [-0.1, -0.05) is 50.5 Å². The zero-order chi connectivity index (χ0) is 17.6. The Morgan fingerprint density at radius 1 is 1.04 bits per heavy atom. The highest BCUT2D eigenvalue weighted by Gasteiger charge is 2.19. The number of unbranched alkanes of at least 4 members (excludes halogenated alkanes) is 3. The number of ether oxygens (including phenoxy) is 1. The summed E-state index contributed by atoms with van der Waals surface area (Å²) in [6.45, 7) is 2.22. The highest BCUT2D eigenvalue weighted by atomic mass is 16.6. The topological polar surface area (TPSA) is 65.2 Å². The Kier molecular flexibility index (Phi) is 5.43. The molecule has 0 aliphatic carbocycles. The normalized spacial score (nSPS) is 11.0. The molecule has 1 heterocycles. The third kappa shape index (κ3) is 3.71. The van der Waals surface area contributed by atoms with Crippen LogP contribution in [0.1, 0.15) is 48.5 Å². The number of aromatic nitrogens is 2. The number of carbonyl (C=O) groups is 1. The maximum atomic E-state index is 12.1. The Morgan fingerprint density at radius 2 is 1.84 bits per heavy atom. The number of nitrogens with zero attached hydrogens (tertiary/aromatic N) is 2. The van der Waals surface area contributed by atoms with E-state index in [-0.39, 0.29) is 0 Å². The first-order valence-corrected chi connectivity index (χ1v) is 8.67. The zero-order valence-corrected chi connectivity index (χ0v) is 14.6. The molecule has 0 amide bonds. The first-order valence-electron chi connectivity index (χ1n) is 8.67. The van der Waals surface area contributed by atoms with E-state index in [2.05, 4.69) is 29.4 Å². The van der Waals surface area contributed by atoms with E-state index in [1.165, 1.54) is 38.4 Å².